The van der Waals surface area contributed by atoms with Crippen LogP contribution in [0.25, 0.3) is 0 Å². The molecule has 0 bridgehead atoms. The average molecular weight is 368 g/mol. The van der Waals surface area contributed by atoms with Crippen molar-refractivity contribution in [2.45, 2.75) is 27.3 Å². The first-order valence-electron chi connectivity index (χ1n) is 8.68. The molecule has 2 aromatic carbocycles. The van der Waals surface area contributed by atoms with Crippen LogP contribution in [0.2, 0.25) is 0 Å². The van der Waals surface area contributed by atoms with Crippen LogP contribution in [0.1, 0.15) is 32.6 Å². The van der Waals surface area contributed by atoms with Gasteiger partial charge in [-0.15, -0.1) is 0 Å². The van der Waals surface area contributed by atoms with Gasteiger partial charge in [-0.25, -0.2) is 0 Å². The zero-order valence-electron chi connectivity index (χ0n) is 15.8. The number of benzene rings is 2. The maximum atomic E-state index is 12.0. The van der Waals surface area contributed by atoms with Gasteiger partial charge in [0.25, 0.3) is 11.8 Å². The van der Waals surface area contributed by atoms with Crippen molar-refractivity contribution >= 4 is 17.8 Å². The molecule has 0 unspecified atom stereocenters. The lowest BCUT2D eigenvalue weighted by Crippen LogP contribution is -2.33. The third kappa shape index (κ3) is 6.58. The normalized spacial score (nSPS) is 10.2. The molecule has 0 saturated carbocycles. The summed E-state index contributed by atoms with van der Waals surface area (Å²) in [5.74, 6) is -1.43. The second-order valence-corrected chi connectivity index (χ2v) is 6.40. The third-order valence-electron chi connectivity index (χ3n) is 4.14. The van der Waals surface area contributed by atoms with E-state index in [0.717, 1.165) is 22.3 Å². The highest BCUT2D eigenvalue weighted by Gasteiger charge is 2.11. The van der Waals surface area contributed by atoms with Crippen LogP contribution in [-0.2, 0) is 20.9 Å². The Balaban J connectivity index is 1.69. The zero-order chi connectivity index (χ0) is 19.8. The molecule has 0 aliphatic heterocycles. The Morgan fingerprint density at radius 3 is 2.26 bits per heavy atom. The number of hydrogen-bond acceptors (Lipinski definition) is 4. The van der Waals surface area contributed by atoms with Gasteiger partial charge in [0, 0.05) is 12.1 Å². The fraction of sp³-hybridized carbons (Fsp3) is 0.286. The average Bonchev–Trinajstić information content (AvgIpc) is 2.66. The molecular formula is C21H24N2O4. The molecule has 2 N–H and O–H groups in total. The molecule has 142 valence electrons. The van der Waals surface area contributed by atoms with E-state index in [1.807, 2.05) is 51.1 Å². The third-order valence-corrected chi connectivity index (χ3v) is 4.14. The van der Waals surface area contributed by atoms with E-state index >= 15 is 0 Å². The SMILES string of the molecule is Cc1ccc(CNC(=O)COC(=O)CNC(=O)c2ccc(C)c(C)c2)cc1. The number of carbonyl (C=O) groups excluding carboxylic acids is 3. The van der Waals surface area contributed by atoms with Gasteiger partial charge in [0.1, 0.15) is 6.54 Å². The van der Waals surface area contributed by atoms with Crippen molar-refractivity contribution in [2.24, 2.45) is 0 Å². The predicted octanol–water partition coefficient (Wildman–Crippen LogP) is 2.20. The quantitative estimate of drug-likeness (QED) is 0.734. The second-order valence-electron chi connectivity index (χ2n) is 6.40. The van der Waals surface area contributed by atoms with E-state index in [1.54, 1.807) is 12.1 Å². The van der Waals surface area contributed by atoms with E-state index in [0.29, 0.717) is 12.1 Å². The van der Waals surface area contributed by atoms with Gasteiger partial charge in [0.05, 0.1) is 0 Å². The molecule has 0 aliphatic carbocycles. The van der Waals surface area contributed by atoms with Crippen LogP contribution in [-0.4, -0.2) is 30.9 Å². The van der Waals surface area contributed by atoms with Crippen LogP contribution >= 0.6 is 0 Å². The van der Waals surface area contributed by atoms with Crippen LogP contribution in [0, 0.1) is 20.8 Å². The van der Waals surface area contributed by atoms with Gasteiger partial charge in [0.2, 0.25) is 0 Å². The fourth-order valence-electron chi connectivity index (χ4n) is 2.29. The Bertz CT molecular complexity index is 829. The molecule has 0 aromatic heterocycles. The highest BCUT2D eigenvalue weighted by atomic mass is 16.5. The Morgan fingerprint density at radius 1 is 0.889 bits per heavy atom. The smallest absolute Gasteiger partial charge is 0.325 e. The summed E-state index contributed by atoms with van der Waals surface area (Å²) >= 11 is 0. The first-order valence-corrected chi connectivity index (χ1v) is 8.68. The monoisotopic (exact) mass is 368 g/mol. The molecular weight excluding hydrogens is 344 g/mol. The maximum absolute atomic E-state index is 12.0. The summed E-state index contributed by atoms with van der Waals surface area (Å²) in [5, 5.41) is 5.16. The van der Waals surface area contributed by atoms with Crippen molar-refractivity contribution in [3.8, 4) is 0 Å². The molecule has 0 heterocycles. The number of amides is 2. The summed E-state index contributed by atoms with van der Waals surface area (Å²) in [4.78, 5) is 35.5. The molecule has 0 spiro atoms. The molecule has 2 aromatic rings. The molecule has 0 atom stereocenters. The lowest BCUT2D eigenvalue weighted by Gasteiger charge is -2.09. The summed E-state index contributed by atoms with van der Waals surface area (Å²) in [6, 6.07) is 13.1. The standard InChI is InChI=1S/C21H24N2O4/c1-14-4-7-17(8-5-14)11-22-19(24)13-27-20(25)12-23-21(26)18-9-6-15(2)16(3)10-18/h4-10H,11-13H2,1-3H3,(H,22,24)(H,23,26). The minimum Gasteiger partial charge on any atom is -0.454 e. The number of hydrogen-bond donors (Lipinski definition) is 2. The summed E-state index contributed by atoms with van der Waals surface area (Å²) in [5.41, 5.74) is 4.66. The summed E-state index contributed by atoms with van der Waals surface area (Å²) in [6.07, 6.45) is 0. The molecule has 2 amide bonds. The number of carbonyl (C=O) groups is 3. The van der Waals surface area contributed by atoms with Gasteiger partial charge in [-0.2, -0.15) is 0 Å². The summed E-state index contributed by atoms with van der Waals surface area (Å²) in [7, 11) is 0. The topological polar surface area (TPSA) is 84.5 Å². The summed E-state index contributed by atoms with van der Waals surface area (Å²) in [6.45, 7) is 5.54. The highest BCUT2D eigenvalue weighted by Crippen LogP contribution is 2.09. The Hall–Kier alpha value is -3.15. The zero-order valence-corrected chi connectivity index (χ0v) is 15.8. The van der Waals surface area contributed by atoms with Crippen molar-refractivity contribution in [1.29, 1.82) is 0 Å². The molecule has 27 heavy (non-hydrogen) atoms. The first kappa shape index (κ1) is 20.2. The van der Waals surface area contributed by atoms with Gasteiger partial charge in [-0.05, 0) is 49.6 Å². The Labute approximate surface area is 158 Å². The molecule has 2 rings (SSSR count). The minimum atomic E-state index is -0.669. The van der Waals surface area contributed by atoms with Gasteiger partial charge in [-0.1, -0.05) is 35.9 Å². The largest absolute Gasteiger partial charge is 0.454 e. The Kier molecular flexibility index (Phi) is 7.11. The van der Waals surface area contributed by atoms with Gasteiger partial charge < -0.3 is 15.4 Å². The Morgan fingerprint density at radius 2 is 1.59 bits per heavy atom. The van der Waals surface area contributed by atoms with Crippen LogP contribution in [0.15, 0.2) is 42.5 Å². The number of rotatable bonds is 7. The van der Waals surface area contributed by atoms with E-state index in [4.69, 9.17) is 4.74 Å². The van der Waals surface area contributed by atoms with Gasteiger partial charge >= 0.3 is 5.97 Å². The molecule has 6 heteroatoms. The number of esters is 1. The molecule has 0 radical (unpaired) electrons. The van der Waals surface area contributed by atoms with Crippen molar-refractivity contribution in [1.82, 2.24) is 10.6 Å². The van der Waals surface area contributed by atoms with E-state index in [-0.39, 0.29) is 19.1 Å². The number of nitrogens with one attached hydrogen (secondary N) is 2. The number of aryl methyl sites for hydroxylation is 3. The number of ether oxygens (including phenoxy) is 1. The van der Waals surface area contributed by atoms with Gasteiger partial charge in [0.15, 0.2) is 6.61 Å². The molecule has 0 aliphatic rings. The minimum absolute atomic E-state index is 0.295. The van der Waals surface area contributed by atoms with Gasteiger partial charge in [-0.3, -0.25) is 14.4 Å². The van der Waals surface area contributed by atoms with Crippen LogP contribution in [0.4, 0.5) is 0 Å². The van der Waals surface area contributed by atoms with Crippen molar-refractivity contribution in [2.75, 3.05) is 13.2 Å². The fourth-order valence-corrected chi connectivity index (χ4v) is 2.29. The molecule has 0 fully saturated rings. The van der Waals surface area contributed by atoms with E-state index in [9.17, 15) is 14.4 Å². The maximum Gasteiger partial charge on any atom is 0.325 e. The second kappa shape index (κ2) is 9.52. The first-order chi connectivity index (χ1) is 12.8. The van der Waals surface area contributed by atoms with E-state index in [2.05, 4.69) is 10.6 Å². The lowest BCUT2D eigenvalue weighted by molar-refractivity contribution is -0.147. The van der Waals surface area contributed by atoms with Crippen molar-refractivity contribution in [3.63, 3.8) is 0 Å². The lowest BCUT2D eigenvalue weighted by atomic mass is 10.1. The van der Waals surface area contributed by atoms with E-state index < -0.39 is 11.9 Å². The van der Waals surface area contributed by atoms with Crippen molar-refractivity contribution < 1.29 is 19.1 Å². The predicted molar refractivity (Wildman–Crippen MR) is 102 cm³/mol. The highest BCUT2D eigenvalue weighted by molar-refractivity contribution is 5.96. The summed E-state index contributed by atoms with van der Waals surface area (Å²) < 4.78 is 4.87. The molecule has 6 nitrogen and oxygen atoms in total. The van der Waals surface area contributed by atoms with Crippen molar-refractivity contribution in [3.05, 3.63) is 70.3 Å². The molecule has 0 saturated heterocycles. The van der Waals surface area contributed by atoms with Crippen LogP contribution < -0.4 is 10.6 Å². The van der Waals surface area contributed by atoms with E-state index in [1.165, 1.54) is 0 Å². The van der Waals surface area contributed by atoms with Crippen LogP contribution in [0.3, 0.4) is 0 Å². The van der Waals surface area contributed by atoms with Crippen LogP contribution in [0.5, 0.6) is 0 Å².